The molecule has 1 heterocycles. The van der Waals surface area contributed by atoms with E-state index in [4.69, 9.17) is 9.26 Å². The number of nitrogens with zero attached hydrogens (tertiary/aromatic N) is 2. The van der Waals surface area contributed by atoms with Gasteiger partial charge in [0.05, 0.1) is 17.7 Å². The molecule has 188 valence electrons. The summed E-state index contributed by atoms with van der Waals surface area (Å²) in [7, 11) is 0. The molecular weight excluding hydrogens is 472 g/mol. The van der Waals surface area contributed by atoms with E-state index >= 15 is 0 Å². The number of phenolic OH excluding ortho intramolecular Hbond substituents is 1. The van der Waals surface area contributed by atoms with Crippen LogP contribution in [0.3, 0.4) is 0 Å². The van der Waals surface area contributed by atoms with Gasteiger partial charge < -0.3 is 19.5 Å². The van der Waals surface area contributed by atoms with E-state index < -0.39 is 17.5 Å². The summed E-state index contributed by atoms with van der Waals surface area (Å²) in [4.78, 5) is 25.9. The molecule has 0 atom stereocenters. The maximum Gasteiger partial charge on any atom is 0.419 e. The first kappa shape index (κ1) is 24.1. The molecular formula is C29H26N2O6. The highest BCUT2D eigenvalue weighted by Gasteiger charge is 2.51. The van der Waals surface area contributed by atoms with E-state index in [-0.39, 0.29) is 12.4 Å². The van der Waals surface area contributed by atoms with Crippen molar-refractivity contribution in [2.75, 3.05) is 11.5 Å². The lowest BCUT2D eigenvalue weighted by atomic mass is 9.93. The third-order valence-electron chi connectivity index (χ3n) is 6.67. The fourth-order valence-corrected chi connectivity index (χ4v) is 4.51. The number of aromatic nitrogens is 1. The fraction of sp³-hybridized carbons (Fsp3) is 0.207. The third-order valence-corrected chi connectivity index (χ3v) is 6.67. The van der Waals surface area contributed by atoms with Gasteiger partial charge in [0, 0.05) is 11.6 Å². The highest BCUT2D eigenvalue weighted by molar-refractivity contribution is 6.00. The number of aryl methyl sites for hydroxylation is 1. The van der Waals surface area contributed by atoms with Crippen molar-refractivity contribution in [1.29, 1.82) is 0 Å². The van der Waals surface area contributed by atoms with E-state index in [0.29, 0.717) is 41.2 Å². The first-order chi connectivity index (χ1) is 17.8. The third kappa shape index (κ3) is 4.42. The maximum absolute atomic E-state index is 13.0. The van der Waals surface area contributed by atoms with Crippen molar-refractivity contribution in [3.63, 3.8) is 0 Å². The molecule has 0 saturated heterocycles. The molecule has 1 saturated carbocycles. The number of rotatable bonds is 7. The van der Waals surface area contributed by atoms with Gasteiger partial charge in [-0.3, -0.25) is 4.79 Å². The number of carbonyl (C=O) groups is 2. The molecule has 8 heteroatoms. The molecule has 37 heavy (non-hydrogen) atoms. The van der Waals surface area contributed by atoms with Crippen molar-refractivity contribution in [1.82, 2.24) is 5.16 Å². The topological polar surface area (TPSA) is 113 Å². The second kappa shape index (κ2) is 9.46. The lowest BCUT2D eigenvalue weighted by Gasteiger charge is -2.22. The number of phenols is 1. The van der Waals surface area contributed by atoms with Gasteiger partial charge in [-0.05, 0) is 55.5 Å². The summed E-state index contributed by atoms with van der Waals surface area (Å²) in [6.45, 7) is 3.63. The number of aliphatic carboxylic acids is 1. The zero-order chi connectivity index (χ0) is 26.2. The van der Waals surface area contributed by atoms with E-state index in [0.717, 1.165) is 16.7 Å². The highest BCUT2D eigenvalue weighted by atomic mass is 16.6. The Balaban J connectivity index is 1.48. The Labute approximate surface area is 213 Å². The summed E-state index contributed by atoms with van der Waals surface area (Å²) in [5.41, 5.74) is 4.02. The number of carbonyl (C=O) groups excluding carboxylic acids is 1. The molecule has 1 amide bonds. The van der Waals surface area contributed by atoms with Gasteiger partial charge in [0.2, 0.25) is 0 Å². The monoisotopic (exact) mass is 498 g/mol. The largest absolute Gasteiger partial charge is 0.508 e. The molecule has 1 fully saturated rings. The Morgan fingerprint density at radius 1 is 1.00 bits per heavy atom. The van der Waals surface area contributed by atoms with Crippen LogP contribution < -0.4 is 4.90 Å². The van der Waals surface area contributed by atoms with Crippen LogP contribution in [0.2, 0.25) is 0 Å². The highest BCUT2D eigenvalue weighted by Crippen LogP contribution is 2.48. The van der Waals surface area contributed by atoms with E-state index in [2.05, 4.69) is 5.16 Å². The van der Waals surface area contributed by atoms with Crippen LogP contribution in [-0.2, 0) is 14.9 Å². The second-order valence-electron chi connectivity index (χ2n) is 9.04. The summed E-state index contributed by atoms with van der Waals surface area (Å²) in [6.07, 6.45) is 0.716. The van der Waals surface area contributed by atoms with Crippen LogP contribution in [0.5, 0.6) is 5.75 Å². The van der Waals surface area contributed by atoms with Crippen LogP contribution in [-0.4, -0.2) is 34.0 Å². The van der Waals surface area contributed by atoms with E-state index in [1.54, 1.807) is 26.0 Å². The predicted octanol–water partition coefficient (Wildman–Crippen LogP) is 6.43. The van der Waals surface area contributed by atoms with Gasteiger partial charge in [-0.2, -0.15) is 0 Å². The number of anilines is 2. The van der Waals surface area contributed by atoms with E-state index in [1.807, 2.05) is 48.5 Å². The van der Waals surface area contributed by atoms with E-state index in [1.165, 1.54) is 17.0 Å². The summed E-state index contributed by atoms with van der Waals surface area (Å²) in [5.74, 6) is -0.382. The number of amides is 1. The fourth-order valence-electron chi connectivity index (χ4n) is 4.51. The lowest BCUT2D eigenvalue weighted by Crippen LogP contribution is -2.27. The number of carboxylic acid groups (broad SMARTS) is 1. The quantitative estimate of drug-likeness (QED) is 0.302. The molecule has 0 radical (unpaired) electrons. The SMILES string of the molecule is CCOC(=O)N(c1cccc(O)c1)c1c(C)noc1-c1ccc(-c2ccc(C3(C(=O)O)CC3)cc2)cc1. The Hall–Kier alpha value is -4.59. The van der Waals surface area contributed by atoms with Gasteiger partial charge in [-0.1, -0.05) is 59.8 Å². The van der Waals surface area contributed by atoms with Crippen LogP contribution in [0, 0.1) is 6.92 Å². The van der Waals surface area contributed by atoms with Gasteiger partial charge in [0.1, 0.15) is 17.1 Å². The summed E-state index contributed by atoms with van der Waals surface area (Å²) < 4.78 is 10.9. The molecule has 0 aliphatic heterocycles. The molecule has 0 bridgehead atoms. The van der Waals surface area contributed by atoms with Gasteiger partial charge in [-0.25, -0.2) is 9.69 Å². The molecule has 3 aromatic carbocycles. The minimum atomic E-state index is -0.773. The van der Waals surface area contributed by atoms with Crippen molar-refractivity contribution in [2.24, 2.45) is 0 Å². The Morgan fingerprint density at radius 3 is 2.19 bits per heavy atom. The molecule has 5 rings (SSSR count). The Morgan fingerprint density at radius 2 is 1.62 bits per heavy atom. The first-order valence-corrected chi connectivity index (χ1v) is 12.0. The van der Waals surface area contributed by atoms with Crippen LogP contribution in [0.25, 0.3) is 22.5 Å². The van der Waals surface area contributed by atoms with Crippen molar-refractivity contribution in [2.45, 2.75) is 32.1 Å². The molecule has 8 nitrogen and oxygen atoms in total. The molecule has 1 aromatic heterocycles. The van der Waals surface area contributed by atoms with Crippen molar-refractivity contribution in [3.05, 3.63) is 84.1 Å². The number of aromatic hydroxyl groups is 1. The predicted molar refractivity (Wildman–Crippen MR) is 138 cm³/mol. The average molecular weight is 499 g/mol. The smallest absolute Gasteiger partial charge is 0.419 e. The number of hydrogen-bond donors (Lipinski definition) is 2. The standard InChI is InChI=1S/C29H26N2O6/c1-3-36-28(35)31(23-5-4-6-24(32)17-23)25-18(2)30-37-26(25)21-9-7-19(8-10-21)20-11-13-22(14-12-20)29(15-16-29)27(33)34/h4-14,17,32H,3,15-16H2,1-2H3,(H,33,34). The van der Waals surface area contributed by atoms with E-state index in [9.17, 15) is 19.8 Å². The zero-order valence-electron chi connectivity index (χ0n) is 20.5. The van der Waals surface area contributed by atoms with Gasteiger partial charge in [0.25, 0.3) is 0 Å². The molecule has 2 N–H and O–H groups in total. The first-order valence-electron chi connectivity index (χ1n) is 12.0. The second-order valence-corrected chi connectivity index (χ2v) is 9.04. The minimum Gasteiger partial charge on any atom is -0.508 e. The van der Waals surface area contributed by atoms with Crippen molar-refractivity contribution in [3.8, 4) is 28.2 Å². The van der Waals surface area contributed by atoms with Crippen LogP contribution in [0.4, 0.5) is 16.2 Å². The molecule has 1 aliphatic carbocycles. The Bertz CT molecular complexity index is 1450. The maximum atomic E-state index is 13.0. The number of hydrogen-bond acceptors (Lipinski definition) is 6. The van der Waals surface area contributed by atoms with Crippen molar-refractivity contribution >= 4 is 23.4 Å². The zero-order valence-corrected chi connectivity index (χ0v) is 20.5. The molecule has 0 unspecified atom stereocenters. The van der Waals surface area contributed by atoms with Gasteiger partial charge >= 0.3 is 12.1 Å². The van der Waals surface area contributed by atoms with Crippen LogP contribution in [0.1, 0.15) is 31.0 Å². The number of ether oxygens (including phenoxy) is 1. The summed E-state index contributed by atoms with van der Waals surface area (Å²) >= 11 is 0. The summed E-state index contributed by atoms with van der Waals surface area (Å²) in [5, 5.41) is 23.7. The normalized spacial score (nSPS) is 13.7. The number of carboxylic acids is 1. The molecule has 0 spiro atoms. The van der Waals surface area contributed by atoms with Crippen molar-refractivity contribution < 1.29 is 29.1 Å². The molecule has 4 aromatic rings. The minimum absolute atomic E-state index is 0.00814. The Kier molecular flexibility index (Phi) is 6.17. The number of benzene rings is 3. The van der Waals surface area contributed by atoms with Gasteiger partial charge in [-0.15, -0.1) is 0 Å². The summed E-state index contributed by atoms with van der Waals surface area (Å²) in [6, 6.07) is 21.6. The van der Waals surface area contributed by atoms with Gasteiger partial charge in [0.15, 0.2) is 5.76 Å². The van der Waals surface area contributed by atoms with Crippen LogP contribution in [0.15, 0.2) is 77.3 Å². The lowest BCUT2D eigenvalue weighted by molar-refractivity contribution is -0.140. The molecule has 1 aliphatic rings. The average Bonchev–Trinajstić information content (AvgIpc) is 3.63. The van der Waals surface area contributed by atoms with Crippen LogP contribution >= 0.6 is 0 Å².